The SMILES string of the molecule is Fc1ccc2c(ccn2-c2cc(Cl)c3c(c2)CN(Cc2ncsn2)CCO3)c1. The minimum atomic E-state index is -0.245. The van der Waals surface area contributed by atoms with Crippen LogP contribution in [0.1, 0.15) is 11.4 Å². The molecule has 8 heteroatoms. The zero-order valence-corrected chi connectivity index (χ0v) is 16.4. The lowest BCUT2D eigenvalue weighted by Crippen LogP contribution is -2.25. The minimum absolute atomic E-state index is 0.245. The predicted molar refractivity (Wildman–Crippen MR) is 108 cm³/mol. The maximum absolute atomic E-state index is 13.5. The van der Waals surface area contributed by atoms with Crippen LogP contribution in [0, 0.1) is 5.82 Å². The van der Waals surface area contributed by atoms with Crippen molar-refractivity contribution >= 4 is 34.0 Å². The highest BCUT2D eigenvalue weighted by Crippen LogP contribution is 2.35. The Balaban J connectivity index is 1.53. The first kappa shape index (κ1) is 17.6. The molecule has 5 rings (SSSR count). The van der Waals surface area contributed by atoms with E-state index in [1.54, 1.807) is 11.6 Å². The molecule has 0 radical (unpaired) electrons. The summed E-state index contributed by atoms with van der Waals surface area (Å²) >= 11 is 7.92. The second-order valence-electron chi connectivity index (χ2n) is 6.71. The van der Waals surface area contributed by atoms with E-state index in [0.29, 0.717) is 24.7 Å². The molecule has 2 aromatic carbocycles. The standard InChI is InChI=1S/C20H16ClFN4OS/c21-17-9-16(26-4-3-13-7-15(22)1-2-18(13)26)8-14-10-25(5-6-27-20(14)17)11-19-23-12-28-24-19/h1-4,7-9,12H,5-6,10-11H2. The molecule has 1 aliphatic heterocycles. The molecule has 0 saturated heterocycles. The zero-order valence-electron chi connectivity index (χ0n) is 14.8. The van der Waals surface area contributed by atoms with E-state index in [-0.39, 0.29) is 5.82 Å². The molecule has 0 aliphatic carbocycles. The third kappa shape index (κ3) is 3.26. The molecule has 28 heavy (non-hydrogen) atoms. The number of hydrogen-bond donors (Lipinski definition) is 0. The van der Waals surface area contributed by atoms with Gasteiger partial charge in [0, 0.05) is 35.9 Å². The summed E-state index contributed by atoms with van der Waals surface area (Å²) in [4.78, 5) is 6.53. The van der Waals surface area contributed by atoms with Gasteiger partial charge in [0.25, 0.3) is 0 Å². The first-order valence-corrected chi connectivity index (χ1v) is 10.1. The van der Waals surface area contributed by atoms with Crippen LogP contribution in [0.5, 0.6) is 5.75 Å². The summed E-state index contributed by atoms with van der Waals surface area (Å²) in [5.41, 5.74) is 4.60. The van der Waals surface area contributed by atoms with Crippen molar-refractivity contribution in [2.45, 2.75) is 13.1 Å². The topological polar surface area (TPSA) is 43.2 Å². The van der Waals surface area contributed by atoms with Crippen LogP contribution in [0.25, 0.3) is 16.6 Å². The van der Waals surface area contributed by atoms with Crippen molar-refractivity contribution in [3.05, 3.63) is 70.3 Å². The van der Waals surface area contributed by atoms with E-state index in [1.165, 1.54) is 23.7 Å². The number of halogens is 2. The van der Waals surface area contributed by atoms with Gasteiger partial charge in [-0.3, -0.25) is 4.90 Å². The Bertz CT molecular complexity index is 1140. The lowest BCUT2D eigenvalue weighted by Gasteiger charge is -2.18. The van der Waals surface area contributed by atoms with Gasteiger partial charge >= 0.3 is 0 Å². The Morgan fingerprint density at radius 2 is 2.14 bits per heavy atom. The molecule has 0 unspecified atom stereocenters. The van der Waals surface area contributed by atoms with E-state index in [1.807, 2.05) is 22.9 Å². The number of aromatic nitrogens is 3. The molecule has 0 amide bonds. The molecule has 0 atom stereocenters. The van der Waals surface area contributed by atoms with E-state index in [9.17, 15) is 4.39 Å². The predicted octanol–water partition coefficient (Wildman–Crippen LogP) is 4.67. The third-order valence-corrected chi connectivity index (χ3v) is 5.65. The van der Waals surface area contributed by atoms with Crippen molar-refractivity contribution in [3.63, 3.8) is 0 Å². The largest absolute Gasteiger partial charge is 0.490 e. The van der Waals surface area contributed by atoms with E-state index in [4.69, 9.17) is 16.3 Å². The van der Waals surface area contributed by atoms with Crippen molar-refractivity contribution in [1.82, 2.24) is 18.8 Å². The monoisotopic (exact) mass is 414 g/mol. The quantitative estimate of drug-likeness (QED) is 0.488. The number of fused-ring (bicyclic) bond motifs is 2. The highest BCUT2D eigenvalue weighted by molar-refractivity contribution is 7.03. The molecule has 0 fully saturated rings. The minimum Gasteiger partial charge on any atom is -0.490 e. The summed E-state index contributed by atoms with van der Waals surface area (Å²) in [6.45, 7) is 2.68. The van der Waals surface area contributed by atoms with Gasteiger partial charge in [0.15, 0.2) is 5.82 Å². The lowest BCUT2D eigenvalue weighted by atomic mass is 10.1. The Kier molecular flexibility index (Phi) is 4.50. The van der Waals surface area contributed by atoms with Gasteiger partial charge < -0.3 is 9.30 Å². The van der Waals surface area contributed by atoms with Crippen molar-refractivity contribution < 1.29 is 9.13 Å². The van der Waals surface area contributed by atoms with Crippen LogP contribution in [0.15, 0.2) is 48.1 Å². The van der Waals surface area contributed by atoms with Crippen molar-refractivity contribution in [1.29, 1.82) is 0 Å². The number of rotatable bonds is 3. The molecule has 0 N–H and O–H groups in total. The maximum Gasteiger partial charge on any atom is 0.156 e. The average molecular weight is 415 g/mol. The van der Waals surface area contributed by atoms with Crippen LogP contribution in [-0.4, -0.2) is 32.0 Å². The van der Waals surface area contributed by atoms with Gasteiger partial charge in [0.1, 0.15) is 23.7 Å². The Labute approximate surface area is 170 Å². The van der Waals surface area contributed by atoms with Gasteiger partial charge in [0.05, 0.1) is 17.1 Å². The number of ether oxygens (including phenoxy) is 1. The second kappa shape index (κ2) is 7.16. The molecule has 0 bridgehead atoms. The van der Waals surface area contributed by atoms with E-state index < -0.39 is 0 Å². The van der Waals surface area contributed by atoms with Crippen molar-refractivity contribution in [2.24, 2.45) is 0 Å². The van der Waals surface area contributed by atoms with Crippen LogP contribution in [0.4, 0.5) is 4.39 Å². The fourth-order valence-electron chi connectivity index (χ4n) is 3.59. The maximum atomic E-state index is 13.5. The smallest absolute Gasteiger partial charge is 0.156 e. The first-order chi connectivity index (χ1) is 13.7. The fraction of sp³-hybridized carbons (Fsp3) is 0.200. The molecule has 1 aliphatic rings. The molecule has 4 aromatic rings. The van der Waals surface area contributed by atoms with Gasteiger partial charge in [-0.15, -0.1) is 0 Å². The van der Waals surface area contributed by atoms with Crippen molar-refractivity contribution in [3.8, 4) is 11.4 Å². The Hall–Kier alpha value is -2.48. The summed E-state index contributed by atoms with van der Waals surface area (Å²) in [6, 6.07) is 10.6. The highest BCUT2D eigenvalue weighted by Gasteiger charge is 2.20. The van der Waals surface area contributed by atoms with E-state index in [0.717, 1.165) is 40.3 Å². The average Bonchev–Trinajstić information content (AvgIpc) is 3.27. The highest BCUT2D eigenvalue weighted by atomic mass is 35.5. The number of benzene rings is 2. The summed E-state index contributed by atoms with van der Waals surface area (Å²) in [5, 5.41) is 1.42. The van der Waals surface area contributed by atoms with E-state index in [2.05, 4.69) is 20.3 Å². The van der Waals surface area contributed by atoms with Crippen LogP contribution in [-0.2, 0) is 13.1 Å². The molecule has 0 spiro atoms. The van der Waals surface area contributed by atoms with Crippen LogP contribution < -0.4 is 4.74 Å². The number of hydrogen-bond acceptors (Lipinski definition) is 5. The molecular weight excluding hydrogens is 399 g/mol. The van der Waals surface area contributed by atoms with E-state index >= 15 is 0 Å². The van der Waals surface area contributed by atoms with Gasteiger partial charge in [-0.2, -0.15) is 4.37 Å². The van der Waals surface area contributed by atoms with Gasteiger partial charge in [-0.05, 0) is 47.9 Å². The summed E-state index contributed by atoms with van der Waals surface area (Å²) < 4.78 is 25.8. The van der Waals surface area contributed by atoms with Crippen molar-refractivity contribution in [2.75, 3.05) is 13.2 Å². The first-order valence-electron chi connectivity index (χ1n) is 8.87. The second-order valence-corrected chi connectivity index (χ2v) is 7.72. The Morgan fingerprint density at radius 1 is 1.21 bits per heavy atom. The molecular formula is C20H16ClFN4OS. The molecule has 3 heterocycles. The summed E-state index contributed by atoms with van der Waals surface area (Å²) in [6.07, 6.45) is 1.93. The lowest BCUT2D eigenvalue weighted by molar-refractivity contribution is 0.216. The van der Waals surface area contributed by atoms with Gasteiger partial charge in [-0.25, -0.2) is 9.37 Å². The van der Waals surface area contributed by atoms with Crippen LogP contribution >= 0.6 is 23.1 Å². The Morgan fingerprint density at radius 3 is 3.00 bits per heavy atom. The fourth-order valence-corrected chi connectivity index (χ4v) is 4.32. The van der Waals surface area contributed by atoms with Gasteiger partial charge in [-0.1, -0.05) is 11.6 Å². The summed E-state index contributed by atoms with van der Waals surface area (Å²) in [5.74, 6) is 1.29. The molecule has 2 aromatic heterocycles. The molecule has 142 valence electrons. The van der Waals surface area contributed by atoms with Gasteiger partial charge in [0.2, 0.25) is 0 Å². The van der Waals surface area contributed by atoms with Crippen LogP contribution in [0.2, 0.25) is 5.02 Å². The third-order valence-electron chi connectivity index (χ3n) is 4.86. The van der Waals surface area contributed by atoms with Crippen LogP contribution in [0.3, 0.4) is 0 Å². The zero-order chi connectivity index (χ0) is 19.1. The normalized spacial score (nSPS) is 14.6. The molecule has 5 nitrogen and oxygen atoms in total. The molecule has 0 saturated carbocycles. The number of nitrogens with zero attached hydrogens (tertiary/aromatic N) is 4. The summed E-state index contributed by atoms with van der Waals surface area (Å²) in [7, 11) is 0.